The molecule has 0 N–H and O–H groups in total. The second-order valence-corrected chi connectivity index (χ2v) is 6.92. The van der Waals surface area contributed by atoms with Crippen molar-refractivity contribution >= 4 is 5.91 Å². The van der Waals surface area contributed by atoms with Gasteiger partial charge >= 0.3 is 0 Å². The number of aryl methyl sites for hydroxylation is 2. The maximum atomic E-state index is 14.2. The van der Waals surface area contributed by atoms with E-state index in [1.165, 1.54) is 6.07 Å². The SMILES string of the molecule is Cc1ccc(F)c(-c2cc(C(=O)N3CCC4(CC3)OCCO4)nn2C)c1. The molecule has 2 aliphatic rings. The Morgan fingerprint density at radius 3 is 2.58 bits per heavy atom. The number of halogens is 1. The molecular weight excluding hydrogens is 337 g/mol. The van der Waals surface area contributed by atoms with Crippen molar-refractivity contribution in [3.63, 3.8) is 0 Å². The van der Waals surface area contributed by atoms with Crippen LogP contribution in [0.5, 0.6) is 0 Å². The summed E-state index contributed by atoms with van der Waals surface area (Å²) < 4.78 is 27.2. The van der Waals surface area contributed by atoms with Crippen LogP contribution < -0.4 is 0 Å². The van der Waals surface area contributed by atoms with Gasteiger partial charge in [-0.2, -0.15) is 5.10 Å². The number of nitrogens with zero attached hydrogens (tertiary/aromatic N) is 3. The monoisotopic (exact) mass is 359 g/mol. The number of hydrogen-bond donors (Lipinski definition) is 0. The Morgan fingerprint density at radius 2 is 1.88 bits per heavy atom. The number of piperidine rings is 1. The zero-order chi connectivity index (χ0) is 18.3. The molecule has 1 aromatic heterocycles. The van der Waals surface area contributed by atoms with Gasteiger partial charge in [-0.15, -0.1) is 0 Å². The first-order valence-electron chi connectivity index (χ1n) is 8.85. The molecule has 0 bridgehead atoms. The molecule has 0 unspecified atom stereocenters. The molecule has 3 heterocycles. The number of ether oxygens (including phenoxy) is 2. The third kappa shape index (κ3) is 3.01. The number of hydrogen-bond acceptors (Lipinski definition) is 4. The van der Waals surface area contributed by atoms with Crippen LogP contribution in [0.3, 0.4) is 0 Å². The highest BCUT2D eigenvalue weighted by atomic mass is 19.1. The average Bonchev–Trinajstić information content (AvgIpc) is 3.24. The van der Waals surface area contributed by atoms with E-state index in [-0.39, 0.29) is 11.7 Å². The molecule has 2 saturated heterocycles. The summed E-state index contributed by atoms with van der Waals surface area (Å²) in [5.74, 6) is -0.989. The first-order chi connectivity index (χ1) is 12.5. The van der Waals surface area contributed by atoms with Gasteiger partial charge in [0, 0.05) is 38.5 Å². The topological polar surface area (TPSA) is 56.6 Å². The maximum absolute atomic E-state index is 14.2. The summed E-state index contributed by atoms with van der Waals surface area (Å²) >= 11 is 0. The lowest BCUT2D eigenvalue weighted by atomic mass is 10.0. The highest BCUT2D eigenvalue weighted by molar-refractivity contribution is 5.93. The molecular formula is C19H22FN3O3. The number of benzene rings is 1. The number of likely N-dealkylation sites (tertiary alicyclic amines) is 1. The normalized spacial score (nSPS) is 19.3. The minimum atomic E-state index is -0.517. The highest BCUT2D eigenvalue weighted by Gasteiger charge is 2.41. The predicted octanol–water partition coefficient (Wildman–Crippen LogP) is 2.51. The van der Waals surface area contributed by atoms with Crippen LogP contribution in [0.25, 0.3) is 11.3 Å². The van der Waals surface area contributed by atoms with Crippen LogP contribution in [0.1, 0.15) is 28.9 Å². The Kier molecular flexibility index (Phi) is 4.28. The summed E-state index contributed by atoms with van der Waals surface area (Å²) in [6.45, 7) is 4.24. The highest BCUT2D eigenvalue weighted by Crippen LogP contribution is 2.32. The van der Waals surface area contributed by atoms with Gasteiger partial charge in [0.1, 0.15) is 5.82 Å². The van der Waals surface area contributed by atoms with Crippen LogP contribution in [-0.4, -0.2) is 52.7 Å². The molecule has 4 rings (SSSR count). The summed E-state index contributed by atoms with van der Waals surface area (Å²) in [5, 5.41) is 4.32. The zero-order valence-corrected chi connectivity index (χ0v) is 15.0. The van der Waals surface area contributed by atoms with E-state index in [1.54, 1.807) is 34.8 Å². The fourth-order valence-electron chi connectivity index (χ4n) is 3.66. The predicted molar refractivity (Wildman–Crippen MR) is 93.1 cm³/mol. The van der Waals surface area contributed by atoms with E-state index < -0.39 is 5.79 Å². The average molecular weight is 359 g/mol. The van der Waals surface area contributed by atoms with E-state index in [0.29, 0.717) is 56.1 Å². The third-order valence-electron chi connectivity index (χ3n) is 5.12. The fourth-order valence-corrected chi connectivity index (χ4v) is 3.66. The van der Waals surface area contributed by atoms with Gasteiger partial charge in [0.25, 0.3) is 5.91 Å². The number of carbonyl (C=O) groups is 1. The maximum Gasteiger partial charge on any atom is 0.274 e. The molecule has 0 radical (unpaired) electrons. The van der Waals surface area contributed by atoms with Crippen LogP contribution in [0.2, 0.25) is 0 Å². The fraction of sp³-hybridized carbons (Fsp3) is 0.474. The Morgan fingerprint density at radius 1 is 1.19 bits per heavy atom. The molecule has 0 aliphatic carbocycles. The molecule has 0 saturated carbocycles. The number of rotatable bonds is 2. The Hall–Kier alpha value is -2.25. The second-order valence-electron chi connectivity index (χ2n) is 6.92. The quantitative estimate of drug-likeness (QED) is 0.827. The van der Waals surface area contributed by atoms with E-state index in [4.69, 9.17) is 9.47 Å². The summed E-state index contributed by atoms with van der Waals surface area (Å²) in [7, 11) is 1.72. The van der Waals surface area contributed by atoms with E-state index in [1.807, 2.05) is 6.92 Å². The van der Waals surface area contributed by atoms with Crippen molar-refractivity contribution in [3.05, 3.63) is 41.3 Å². The lowest BCUT2D eigenvalue weighted by Crippen LogP contribution is -2.47. The smallest absolute Gasteiger partial charge is 0.274 e. The van der Waals surface area contributed by atoms with Crippen LogP contribution in [0.4, 0.5) is 4.39 Å². The van der Waals surface area contributed by atoms with Crippen LogP contribution >= 0.6 is 0 Å². The lowest BCUT2D eigenvalue weighted by molar-refractivity contribution is -0.181. The number of aromatic nitrogens is 2. The molecule has 1 amide bonds. The van der Waals surface area contributed by atoms with Gasteiger partial charge in [0.2, 0.25) is 0 Å². The first kappa shape index (κ1) is 17.2. The Labute approximate surface area is 151 Å². The van der Waals surface area contributed by atoms with Crippen molar-refractivity contribution in [2.75, 3.05) is 26.3 Å². The van der Waals surface area contributed by atoms with Gasteiger partial charge in [-0.1, -0.05) is 11.6 Å². The molecule has 6 nitrogen and oxygen atoms in total. The molecule has 2 fully saturated rings. The molecule has 7 heteroatoms. The second kappa shape index (κ2) is 6.48. The number of carbonyl (C=O) groups excluding carboxylic acids is 1. The Bertz CT molecular complexity index is 833. The summed E-state index contributed by atoms with van der Waals surface area (Å²) in [6, 6.07) is 6.58. The van der Waals surface area contributed by atoms with Crippen LogP contribution in [0, 0.1) is 12.7 Å². The van der Waals surface area contributed by atoms with Gasteiger partial charge in [-0.3, -0.25) is 9.48 Å². The van der Waals surface area contributed by atoms with Gasteiger partial charge in [0.15, 0.2) is 11.5 Å². The zero-order valence-electron chi connectivity index (χ0n) is 15.0. The van der Waals surface area contributed by atoms with Crippen molar-refractivity contribution in [1.29, 1.82) is 0 Å². The largest absolute Gasteiger partial charge is 0.347 e. The van der Waals surface area contributed by atoms with E-state index >= 15 is 0 Å². The third-order valence-corrected chi connectivity index (χ3v) is 5.12. The van der Waals surface area contributed by atoms with E-state index in [0.717, 1.165) is 5.56 Å². The van der Waals surface area contributed by atoms with E-state index in [2.05, 4.69) is 5.10 Å². The van der Waals surface area contributed by atoms with Crippen molar-refractivity contribution < 1.29 is 18.7 Å². The molecule has 0 atom stereocenters. The van der Waals surface area contributed by atoms with Crippen molar-refractivity contribution in [3.8, 4) is 11.3 Å². The molecule has 1 spiro atoms. The van der Waals surface area contributed by atoms with Crippen molar-refractivity contribution in [1.82, 2.24) is 14.7 Å². The van der Waals surface area contributed by atoms with Gasteiger partial charge in [-0.05, 0) is 25.1 Å². The van der Waals surface area contributed by atoms with Crippen molar-refractivity contribution in [2.45, 2.75) is 25.6 Å². The Balaban J connectivity index is 1.54. The minimum absolute atomic E-state index is 0.146. The van der Waals surface area contributed by atoms with Gasteiger partial charge in [-0.25, -0.2) is 4.39 Å². The molecule has 2 aliphatic heterocycles. The van der Waals surface area contributed by atoms with Gasteiger partial charge in [0.05, 0.1) is 18.9 Å². The molecule has 2 aromatic rings. The summed E-state index contributed by atoms with van der Waals surface area (Å²) in [4.78, 5) is 14.6. The minimum Gasteiger partial charge on any atom is -0.347 e. The molecule has 1 aromatic carbocycles. The van der Waals surface area contributed by atoms with Crippen molar-refractivity contribution in [2.24, 2.45) is 7.05 Å². The molecule has 26 heavy (non-hydrogen) atoms. The standard InChI is InChI=1S/C19H22FN3O3/c1-13-3-4-15(20)14(11-13)17-12-16(21-22(17)2)18(24)23-7-5-19(6-8-23)25-9-10-26-19/h3-4,11-12H,5-10H2,1-2H3. The first-order valence-corrected chi connectivity index (χ1v) is 8.85. The van der Waals surface area contributed by atoms with Gasteiger partial charge < -0.3 is 14.4 Å². The summed E-state index contributed by atoms with van der Waals surface area (Å²) in [5.41, 5.74) is 2.32. The van der Waals surface area contributed by atoms with Crippen LogP contribution in [-0.2, 0) is 16.5 Å². The van der Waals surface area contributed by atoms with E-state index in [9.17, 15) is 9.18 Å². The summed E-state index contributed by atoms with van der Waals surface area (Å²) in [6.07, 6.45) is 1.32. The molecule has 138 valence electrons. The lowest BCUT2D eigenvalue weighted by Gasteiger charge is -2.37. The number of amides is 1. The van der Waals surface area contributed by atoms with Crippen LogP contribution in [0.15, 0.2) is 24.3 Å².